The first-order valence-corrected chi connectivity index (χ1v) is 7.07. The molecule has 0 aromatic rings. The average Bonchev–Trinajstić information content (AvgIpc) is 3.01. The van der Waals surface area contributed by atoms with E-state index in [1.54, 1.807) is 21.3 Å². The van der Waals surface area contributed by atoms with Gasteiger partial charge in [-0.05, 0) is 6.42 Å². The molecule has 1 heterocycles. The second-order valence-electron chi connectivity index (χ2n) is 3.41. The molecule has 15 heavy (non-hydrogen) atoms. The maximum atomic E-state index is 5.43. The van der Waals surface area contributed by atoms with Gasteiger partial charge in [-0.3, -0.25) is 0 Å². The smallest absolute Gasteiger partial charge is 0.377 e. The van der Waals surface area contributed by atoms with Gasteiger partial charge in [-0.1, -0.05) is 6.92 Å². The highest BCUT2D eigenvalue weighted by Gasteiger charge is 2.51. The third kappa shape index (κ3) is 3.51. The minimum atomic E-state index is -2.50. The summed E-state index contributed by atoms with van der Waals surface area (Å²) in [6.45, 7) is 2.79. The van der Waals surface area contributed by atoms with E-state index in [9.17, 15) is 0 Å². The Morgan fingerprint density at radius 3 is 2.20 bits per heavy atom. The Bertz CT molecular complexity index is 177. The number of hydrogen-bond donors (Lipinski definition) is 0. The summed E-state index contributed by atoms with van der Waals surface area (Å²) >= 11 is 0. The summed E-state index contributed by atoms with van der Waals surface area (Å²) in [6, 6.07) is 0.644. The minimum Gasteiger partial charge on any atom is -0.377 e. The lowest BCUT2D eigenvalue weighted by Crippen LogP contribution is -2.44. The fourth-order valence-corrected chi connectivity index (χ4v) is 3.18. The predicted octanol–water partition coefficient (Wildman–Crippen LogP) is 1.02. The first-order valence-electron chi connectivity index (χ1n) is 5.14. The van der Waals surface area contributed by atoms with E-state index in [4.69, 9.17) is 22.8 Å². The van der Waals surface area contributed by atoms with E-state index in [0.717, 1.165) is 13.0 Å². The summed E-state index contributed by atoms with van der Waals surface area (Å²) in [5, 5.41) is 0. The molecule has 1 fully saturated rings. The SMILES string of the molecule is CCCOC1OC1C[Si](OC)(OC)OC. The van der Waals surface area contributed by atoms with E-state index in [1.807, 2.05) is 0 Å². The van der Waals surface area contributed by atoms with E-state index in [1.165, 1.54) is 0 Å². The van der Waals surface area contributed by atoms with Crippen molar-refractivity contribution in [2.45, 2.75) is 31.8 Å². The topological polar surface area (TPSA) is 49.5 Å². The Morgan fingerprint density at radius 2 is 1.73 bits per heavy atom. The molecule has 0 N–H and O–H groups in total. The molecule has 5 nitrogen and oxygen atoms in total. The molecule has 0 radical (unpaired) electrons. The summed E-state index contributed by atoms with van der Waals surface area (Å²) < 4.78 is 26.7. The van der Waals surface area contributed by atoms with Crippen LogP contribution < -0.4 is 0 Å². The predicted molar refractivity (Wildman–Crippen MR) is 56.5 cm³/mol. The molecule has 0 aromatic heterocycles. The molecule has 1 rings (SSSR count). The first-order chi connectivity index (χ1) is 7.21. The van der Waals surface area contributed by atoms with Crippen molar-refractivity contribution in [1.29, 1.82) is 0 Å². The molecular weight excluding hydrogens is 216 g/mol. The maximum absolute atomic E-state index is 5.43. The van der Waals surface area contributed by atoms with Crippen LogP contribution in [-0.4, -0.2) is 49.1 Å². The molecule has 0 spiro atoms. The lowest BCUT2D eigenvalue weighted by atomic mass is 10.5. The van der Waals surface area contributed by atoms with Crippen LogP contribution in [0.25, 0.3) is 0 Å². The number of hydrogen-bond acceptors (Lipinski definition) is 5. The molecule has 1 aliphatic heterocycles. The second-order valence-corrected chi connectivity index (χ2v) is 6.41. The third-order valence-electron chi connectivity index (χ3n) is 2.41. The van der Waals surface area contributed by atoms with Gasteiger partial charge in [0, 0.05) is 34.0 Å². The molecule has 1 saturated heterocycles. The largest absolute Gasteiger partial charge is 0.503 e. The molecule has 90 valence electrons. The van der Waals surface area contributed by atoms with Crippen molar-refractivity contribution in [2.24, 2.45) is 0 Å². The van der Waals surface area contributed by atoms with Crippen molar-refractivity contribution in [1.82, 2.24) is 0 Å². The van der Waals surface area contributed by atoms with Crippen LogP contribution in [0.3, 0.4) is 0 Å². The Labute approximate surface area is 92.0 Å². The van der Waals surface area contributed by atoms with Gasteiger partial charge in [0.25, 0.3) is 0 Å². The van der Waals surface area contributed by atoms with Gasteiger partial charge in [-0.25, -0.2) is 0 Å². The van der Waals surface area contributed by atoms with E-state index < -0.39 is 8.80 Å². The molecule has 6 heteroatoms. The van der Waals surface area contributed by atoms with Crippen LogP contribution in [0, 0.1) is 0 Å². The van der Waals surface area contributed by atoms with Gasteiger partial charge < -0.3 is 22.8 Å². The van der Waals surface area contributed by atoms with Crippen LogP contribution in [-0.2, 0) is 22.8 Å². The zero-order valence-electron chi connectivity index (χ0n) is 9.82. The van der Waals surface area contributed by atoms with Crippen molar-refractivity contribution in [3.05, 3.63) is 0 Å². The van der Waals surface area contributed by atoms with E-state index >= 15 is 0 Å². The van der Waals surface area contributed by atoms with Crippen LogP contribution in [0.2, 0.25) is 6.04 Å². The van der Waals surface area contributed by atoms with Crippen molar-refractivity contribution < 1.29 is 22.8 Å². The summed E-state index contributed by atoms with van der Waals surface area (Å²) in [4.78, 5) is 0. The normalized spacial score (nSPS) is 25.6. The minimum absolute atomic E-state index is 0.0584. The lowest BCUT2D eigenvalue weighted by molar-refractivity contribution is 0.0507. The highest BCUT2D eigenvalue weighted by Crippen LogP contribution is 2.32. The van der Waals surface area contributed by atoms with Gasteiger partial charge in [0.05, 0.1) is 0 Å². The van der Waals surface area contributed by atoms with E-state index in [0.29, 0.717) is 6.04 Å². The van der Waals surface area contributed by atoms with Crippen LogP contribution >= 0.6 is 0 Å². The third-order valence-corrected chi connectivity index (χ3v) is 5.17. The van der Waals surface area contributed by atoms with E-state index in [-0.39, 0.29) is 12.4 Å². The second kappa shape index (κ2) is 5.93. The average molecular weight is 236 g/mol. The molecule has 0 amide bonds. The lowest BCUT2D eigenvalue weighted by Gasteiger charge is -2.23. The van der Waals surface area contributed by atoms with Gasteiger partial charge in [-0.2, -0.15) is 0 Å². The van der Waals surface area contributed by atoms with Crippen molar-refractivity contribution in [2.75, 3.05) is 27.9 Å². The maximum Gasteiger partial charge on any atom is 0.503 e. The van der Waals surface area contributed by atoms with Crippen LogP contribution in [0.15, 0.2) is 0 Å². The first kappa shape index (κ1) is 13.1. The Balaban J connectivity index is 2.29. The fraction of sp³-hybridized carbons (Fsp3) is 1.00. The number of epoxide rings is 1. The summed E-state index contributed by atoms with van der Waals surface area (Å²) in [5.74, 6) is 0. The Kier molecular flexibility index (Phi) is 5.17. The molecule has 2 atom stereocenters. The Morgan fingerprint density at radius 1 is 1.13 bits per heavy atom. The Hall–Kier alpha value is 0.0169. The monoisotopic (exact) mass is 236 g/mol. The van der Waals surface area contributed by atoms with E-state index in [2.05, 4.69) is 6.92 Å². The van der Waals surface area contributed by atoms with Gasteiger partial charge in [0.1, 0.15) is 6.10 Å². The van der Waals surface area contributed by atoms with Gasteiger partial charge >= 0.3 is 8.80 Å². The highest BCUT2D eigenvalue weighted by molar-refractivity contribution is 6.60. The molecule has 1 aliphatic rings. The molecule has 0 bridgehead atoms. The molecule has 0 aromatic carbocycles. The zero-order valence-corrected chi connectivity index (χ0v) is 10.8. The van der Waals surface area contributed by atoms with Crippen molar-refractivity contribution in [3.63, 3.8) is 0 Å². The molecule has 2 unspecified atom stereocenters. The van der Waals surface area contributed by atoms with Gasteiger partial charge in [-0.15, -0.1) is 0 Å². The fourth-order valence-electron chi connectivity index (χ4n) is 1.40. The number of ether oxygens (including phenoxy) is 2. The molecular formula is C9H20O5Si. The highest BCUT2D eigenvalue weighted by atomic mass is 28.4. The summed E-state index contributed by atoms with van der Waals surface area (Å²) in [7, 11) is 2.30. The standard InChI is InChI=1S/C9H20O5Si/c1-5-6-13-9-8(14-9)7-15(10-2,11-3)12-4/h8-9H,5-7H2,1-4H3. The quantitative estimate of drug-likeness (QED) is 0.465. The van der Waals surface area contributed by atoms with Crippen molar-refractivity contribution >= 4 is 8.80 Å². The van der Waals surface area contributed by atoms with Crippen LogP contribution in [0.1, 0.15) is 13.3 Å². The molecule has 0 saturated carbocycles. The van der Waals surface area contributed by atoms with Crippen molar-refractivity contribution in [3.8, 4) is 0 Å². The summed E-state index contributed by atoms with van der Waals surface area (Å²) in [5.41, 5.74) is 0. The van der Waals surface area contributed by atoms with Gasteiger partial charge in [0.2, 0.25) is 0 Å². The van der Waals surface area contributed by atoms with Crippen LogP contribution in [0.4, 0.5) is 0 Å². The number of rotatable bonds is 8. The zero-order chi connectivity index (χ0) is 11.3. The summed E-state index contributed by atoms with van der Waals surface area (Å²) in [6.07, 6.45) is 0.953. The van der Waals surface area contributed by atoms with Gasteiger partial charge in [0.15, 0.2) is 6.29 Å². The molecule has 0 aliphatic carbocycles. The van der Waals surface area contributed by atoms with Crippen LogP contribution in [0.5, 0.6) is 0 Å².